The van der Waals surface area contributed by atoms with Crippen molar-refractivity contribution in [2.45, 2.75) is 31.6 Å². The molecule has 0 unspecified atom stereocenters. The van der Waals surface area contributed by atoms with Crippen molar-refractivity contribution in [3.63, 3.8) is 0 Å². The zero-order valence-corrected chi connectivity index (χ0v) is 14.8. The van der Waals surface area contributed by atoms with Crippen molar-refractivity contribution in [2.75, 3.05) is 26.2 Å². The van der Waals surface area contributed by atoms with E-state index in [1.54, 1.807) is 12.1 Å². The van der Waals surface area contributed by atoms with Crippen LogP contribution >= 0.6 is 11.6 Å². The van der Waals surface area contributed by atoms with E-state index in [9.17, 15) is 8.42 Å². The van der Waals surface area contributed by atoms with Crippen LogP contribution in [-0.4, -0.2) is 39.5 Å². The lowest BCUT2D eigenvalue weighted by atomic mass is 9.92. The van der Waals surface area contributed by atoms with E-state index in [1.807, 2.05) is 0 Å². The number of benzene rings is 1. The molecule has 1 heterocycles. The maximum absolute atomic E-state index is 12.1. The van der Waals surface area contributed by atoms with Crippen LogP contribution in [0.5, 0.6) is 0 Å². The van der Waals surface area contributed by atoms with Gasteiger partial charge in [-0.2, -0.15) is 0 Å². The van der Waals surface area contributed by atoms with Crippen LogP contribution < -0.4 is 4.72 Å². The lowest BCUT2D eigenvalue weighted by Gasteiger charge is -2.34. The zero-order valence-electron chi connectivity index (χ0n) is 13.3. The smallest absolute Gasteiger partial charge is 0.240 e. The van der Waals surface area contributed by atoms with Crippen LogP contribution in [0.2, 0.25) is 5.02 Å². The van der Waals surface area contributed by atoms with E-state index in [0.29, 0.717) is 11.6 Å². The summed E-state index contributed by atoms with van der Waals surface area (Å²) in [6.45, 7) is 8.21. The summed E-state index contributed by atoms with van der Waals surface area (Å²) in [6, 6.07) is 6.23. The molecule has 6 heteroatoms. The molecule has 1 aliphatic rings. The first-order valence-corrected chi connectivity index (χ1v) is 9.70. The second kappa shape index (κ2) is 7.77. The largest absolute Gasteiger partial charge is 0.303 e. The standard InChI is InChI=1S/C16H25ClN2O2S/c1-13-10-14(2)12-19(11-13)9-3-8-18-22(20,21)16-6-4-15(17)5-7-16/h4-7,13-14,18H,3,8-12H2,1-2H3/t13-,14+. The highest BCUT2D eigenvalue weighted by Gasteiger charge is 2.21. The third-order valence-corrected chi connectivity index (χ3v) is 5.74. The predicted octanol–water partition coefficient (Wildman–Crippen LogP) is 2.99. The van der Waals surface area contributed by atoms with Crippen LogP contribution in [0.25, 0.3) is 0 Å². The molecule has 0 saturated carbocycles. The fourth-order valence-electron chi connectivity index (χ4n) is 3.18. The van der Waals surface area contributed by atoms with Crippen molar-refractivity contribution in [1.82, 2.24) is 9.62 Å². The average Bonchev–Trinajstić information content (AvgIpc) is 2.43. The van der Waals surface area contributed by atoms with Crippen LogP contribution in [0.1, 0.15) is 26.7 Å². The highest BCUT2D eigenvalue weighted by Crippen LogP contribution is 2.20. The average molecular weight is 345 g/mol. The molecule has 0 spiro atoms. The zero-order chi connectivity index (χ0) is 16.2. The number of hydrogen-bond acceptors (Lipinski definition) is 3. The molecule has 1 fully saturated rings. The molecule has 4 nitrogen and oxygen atoms in total. The number of rotatable bonds is 6. The first-order valence-electron chi connectivity index (χ1n) is 7.84. The van der Waals surface area contributed by atoms with Crippen LogP contribution in [0, 0.1) is 11.8 Å². The fourth-order valence-corrected chi connectivity index (χ4v) is 4.38. The van der Waals surface area contributed by atoms with Gasteiger partial charge in [0.1, 0.15) is 0 Å². The van der Waals surface area contributed by atoms with E-state index in [2.05, 4.69) is 23.5 Å². The molecular formula is C16H25ClN2O2S. The number of piperidine rings is 1. The molecule has 2 atom stereocenters. The van der Waals surface area contributed by atoms with Gasteiger partial charge in [0, 0.05) is 24.7 Å². The second-order valence-electron chi connectivity index (χ2n) is 6.41. The van der Waals surface area contributed by atoms with E-state index in [-0.39, 0.29) is 4.90 Å². The minimum atomic E-state index is -3.43. The van der Waals surface area contributed by atoms with E-state index in [0.717, 1.165) is 37.9 Å². The van der Waals surface area contributed by atoms with Crippen molar-refractivity contribution in [2.24, 2.45) is 11.8 Å². The number of halogens is 1. The summed E-state index contributed by atoms with van der Waals surface area (Å²) in [5.74, 6) is 1.46. The molecule has 1 aliphatic heterocycles. The van der Waals surface area contributed by atoms with Crippen molar-refractivity contribution in [1.29, 1.82) is 0 Å². The molecule has 22 heavy (non-hydrogen) atoms. The Kier molecular flexibility index (Phi) is 6.26. The summed E-state index contributed by atoms with van der Waals surface area (Å²) in [6.07, 6.45) is 2.12. The Balaban J connectivity index is 1.77. The van der Waals surface area contributed by atoms with Crippen molar-refractivity contribution < 1.29 is 8.42 Å². The van der Waals surface area contributed by atoms with Gasteiger partial charge >= 0.3 is 0 Å². The Morgan fingerprint density at radius 3 is 2.36 bits per heavy atom. The monoisotopic (exact) mass is 344 g/mol. The first kappa shape index (κ1) is 17.7. The molecule has 124 valence electrons. The molecule has 0 amide bonds. The number of sulfonamides is 1. The summed E-state index contributed by atoms with van der Waals surface area (Å²) >= 11 is 5.78. The molecule has 1 saturated heterocycles. The Morgan fingerprint density at radius 2 is 1.77 bits per heavy atom. The van der Waals surface area contributed by atoms with E-state index < -0.39 is 10.0 Å². The molecule has 1 aromatic carbocycles. The summed E-state index contributed by atoms with van der Waals surface area (Å²) < 4.78 is 26.9. The Hall–Kier alpha value is -0.620. The topological polar surface area (TPSA) is 49.4 Å². The summed E-state index contributed by atoms with van der Waals surface area (Å²) in [7, 11) is -3.43. The third kappa shape index (κ3) is 5.23. The number of hydrogen-bond donors (Lipinski definition) is 1. The summed E-state index contributed by atoms with van der Waals surface area (Å²) in [4.78, 5) is 2.70. The highest BCUT2D eigenvalue weighted by atomic mass is 35.5. The second-order valence-corrected chi connectivity index (χ2v) is 8.61. The highest BCUT2D eigenvalue weighted by molar-refractivity contribution is 7.89. The minimum absolute atomic E-state index is 0.261. The normalized spacial score (nSPS) is 23.6. The van der Waals surface area contributed by atoms with Gasteiger partial charge in [-0.3, -0.25) is 0 Å². The fraction of sp³-hybridized carbons (Fsp3) is 0.625. The van der Waals surface area contributed by atoms with Gasteiger partial charge in [-0.1, -0.05) is 25.4 Å². The van der Waals surface area contributed by atoms with Crippen molar-refractivity contribution >= 4 is 21.6 Å². The first-order chi connectivity index (χ1) is 10.4. The van der Waals surface area contributed by atoms with Crippen molar-refractivity contribution in [3.8, 4) is 0 Å². The molecule has 1 aromatic rings. The SMILES string of the molecule is C[C@@H]1C[C@H](C)CN(CCCNS(=O)(=O)c2ccc(Cl)cc2)C1. The van der Waals surface area contributed by atoms with Crippen molar-refractivity contribution in [3.05, 3.63) is 29.3 Å². The van der Waals surface area contributed by atoms with Gasteiger partial charge in [-0.25, -0.2) is 13.1 Å². The maximum atomic E-state index is 12.1. The molecule has 0 aliphatic carbocycles. The van der Waals surface area contributed by atoms with Gasteiger partial charge in [0.15, 0.2) is 0 Å². The van der Waals surface area contributed by atoms with Crippen LogP contribution in [0.3, 0.4) is 0 Å². The summed E-state index contributed by atoms with van der Waals surface area (Å²) in [5.41, 5.74) is 0. The van der Waals surface area contributed by atoms with Gasteiger partial charge in [-0.15, -0.1) is 0 Å². The van der Waals surface area contributed by atoms with E-state index >= 15 is 0 Å². The minimum Gasteiger partial charge on any atom is -0.303 e. The molecule has 1 N–H and O–H groups in total. The number of likely N-dealkylation sites (tertiary alicyclic amines) is 1. The predicted molar refractivity (Wildman–Crippen MR) is 90.6 cm³/mol. The van der Waals surface area contributed by atoms with Gasteiger partial charge in [0.2, 0.25) is 10.0 Å². The van der Waals surface area contributed by atoms with Gasteiger partial charge in [0.25, 0.3) is 0 Å². The van der Waals surface area contributed by atoms with E-state index in [1.165, 1.54) is 18.6 Å². The van der Waals surface area contributed by atoms with Crippen LogP contribution in [-0.2, 0) is 10.0 Å². The summed E-state index contributed by atoms with van der Waals surface area (Å²) in [5, 5.41) is 0.535. The Bertz CT molecular complexity index is 564. The van der Waals surface area contributed by atoms with Gasteiger partial charge < -0.3 is 4.90 Å². The molecule has 0 bridgehead atoms. The van der Waals surface area contributed by atoms with Gasteiger partial charge in [-0.05, 0) is 55.5 Å². The lowest BCUT2D eigenvalue weighted by Crippen LogP contribution is -2.40. The Morgan fingerprint density at radius 1 is 1.18 bits per heavy atom. The van der Waals surface area contributed by atoms with E-state index in [4.69, 9.17) is 11.6 Å². The molecular weight excluding hydrogens is 320 g/mol. The lowest BCUT2D eigenvalue weighted by molar-refractivity contribution is 0.140. The molecule has 0 radical (unpaired) electrons. The number of nitrogens with one attached hydrogen (secondary N) is 1. The third-order valence-electron chi connectivity index (χ3n) is 4.01. The van der Waals surface area contributed by atoms with Crippen LogP contribution in [0.15, 0.2) is 29.2 Å². The Labute approximate surface area is 138 Å². The van der Waals surface area contributed by atoms with Crippen LogP contribution in [0.4, 0.5) is 0 Å². The molecule has 2 rings (SSSR count). The number of nitrogens with zero attached hydrogens (tertiary/aromatic N) is 1. The quantitative estimate of drug-likeness (QED) is 0.807. The molecule has 0 aromatic heterocycles. The maximum Gasteiger partial charge on any atom is 0.240 e. The van der Waals surface area contributed by atoms with Gasteiger partial charge in [0.05, 0.1) is 4.90 Å².